The maximum atomic E-state index is 13.0. The van der Waals surface area contributed by atoms with E-state index < -0.39 is 11.8 Å². The molecule has 0 unspecified atom stereocenters. The number of fused-ring (bicyclic) bond motifs is 1. The van der Waals surface area contributed by atoms with Crippen LogP contribution in [-0.4, -0.2) is 24.7 Å². The van der Waals surface area contributed by atoms with Gasteiger partial charge in [-0.3, -0.25) is 14.4 Å². The summed E-state index contributed by atoms with van der Waals surface area (Å²) in [6.07, 6.45) is 2.21. The standard InChI is InChI=1S/C23H22N2O4/c1-29-17-9-7-14(8-10-17)15-11-19-22(20(26)12-15)18(13-21(27)25-19)23(28)24-16-5-3-2-4-6-16/h2-11,15,18,22H,12-13H2,1H3,(H,24,28)(H,25,27)/t15-,18+,22-/m0/s1. The minimum Gasteiger partial charge on any atom is -0.497 e. The summed E-state index contributed by atoms with van der Waals surface area (Å²) >= 11 is 0. The summed E-state index contributed by atoms with van der Waals surface area (Å²) in [4.78, 5) is 38.1. The topological polar surface area (TPSA) is 84.5 Å². The number of ketones is 1. The highest BCUT2D eigenvalue weighted by Gasteiger charge is 2.44. The lowest BCUT2D eigenvalue weighted by molar-refractivity contribution is -0.136. The minimum absolute atomic E-state index is 0.000381. The molecule has 0 aromatic heterocycles. The number of methoxy groups -OCH3 is 1. The summed E-state index contributed by atoms with van der Waals surface area (Å²) in [5, 5.41) is 5.65. The Hall–Kier alpha value is -3.41. The van der Waals surface area contributed by atoms with Crippen LogP contribution < -0.4 is 15.4 Å². The highest BCUT2D eigenvalue weighted by Crippen LogP contribution is 2.39. The number of nitrogens with one attached hydrogen (secondary N) is 2. The number of carbonyl (C=O) groups excluding carboxylic acids is 3. The van der Waals surface area contributed by atoms with Crippen LogP contribution in [-0.2, 0) is 14.4 Å². The van der Waals surface area contributed by atoms with Crippen LogP contribution >= 0.6 is 0 Å². The molecule has 3 atom stereocenters. The lowest BCUT2D eigenvalue weighted by Crippen LogP contribution is -2.48. The number of carbonyl (C=O) groups is 3. The van der Waals surface area contributed by atoms with E-state index in [1.807, 2.05) is 48.5 Å². The Balaban J connectivity index is 1.59. The number of anilines is 1. The Labute approximate surface area is 168 Å². The van der Waals surface area contributed by atoms with E-state index in [2.05, 4.69) is 10.6 Å². The summed E-state index contributed by atoms with van der Waals surface area (Å²) in [7, 11) is 1.60. The minimum atomic E-state index is -0.709. The second-order valence-electron chi connectivity index (χ2n) is 7.36. The fourth-order valence-electron chi connectivity index (χ4n) is 4.05. The first-order chi connectivity index (χ1) is 14.0. The molecule has 2 aromatic rings. The number of hydrogen-bond acceptors (Lipinski definition) is 4. The Bertz CT molecular complexity index is 966. The van der Waals surface area contributed by atoms with E-state index in [0.717, 1.165) is 11.3 Å². The first kappa shape index (κ1) is 18.9. The summed E-state index contributed by atoms with van der Waals surface area (Å²) in [6.45, 7) is 0. The molecule has 2 N–H and O–H groups in total. The maximum Gasteiger partial charge on any atom is 0.229 e. The third-order valence-corrected chi connectivity index (χ3v) is 5.50. The molecule has 2 aromatic carbocycles. The first-order valence-electron chi connectivity index (χ1n) is 9.59. The molecule has 0 spiro atoms. The summed E-state index contributed by atoms with van der Waals surface area (Å²) in [5.74, 6) is -1.31. The molecule has 29 heavy (non-hydrogen) atoms. The Kier molecular flexibility index (Phi) is 5.16. The molecule has 1 fully saturated rings. The van der Waals surface area contributed by atoms with Crippen LogP contribution in [0.3, 0.4) is 0 Å². The SMILES string of the molecule is COc1ccc([C@H]2C=C3NC(=O)C[C@@H](C(=O)Nc4ccccc4)[C@@H]3C(=O)C2)cc1. The summed E-state index contributed by atoms with van der Waals surface area (Å²) < 4.78 is 5.18. The van der Waals surface area contributed by atoms with Gasteiger partial charge in [-0.25, -0.2) is 0 Å². The molecule has 0 saturated carbocycles. The van der Waals surface area contributed by atoms with Crippen molar-refractivity contribution in [2.24, 2.45) is 11.8 Å². The van der Waals surface area contributed by atoms with Gasteiger partial charge in [0, 0.05) is 30.1 Å². The lowest BCUT2D eigenvalue weighted by Gasteiger charge is -2.36. The van der Waals surface area contributed by atoms with Crippen molar-refractivity contribution in [2.45, 2.75) is 18.8 Å². The smallest absolute Gasteiger partial charge is 0.229 e. The zero-order valence-corrected chi connectivity index (χ0v) is 16.1. The second kappa shape index (κ2) is 7.91. The molecule has 1 aliphatic carbocycles. The number of amides is 2. The Morgan fingerprint density at radius 1 is 1.03 bits per heavy atom. The van der Waals surface area contributed by atoms with Crippen molar-refractivity contribution in [3.63, 3.8) is 0 Å². The third-order valence-electron chi connectivity index (χ3n) is 5.50. The van der Waals surface area contributed by atoms with Crippen LogP contribution in [0.5, 0.6) is 5.75 Å². The highest BCUT2D eigenvalue weighted by molar-refractivity contribution is 6.02. The second-order valence-corrected chi connectivity index (χ2v) is 7.36. The number of piperidine rings is 1. The normalized spacial score (nSPS) is 23.5. The first-order valence-corrected chi connectivity index (χ1v) is 9.59. The van der Waals surface area contributed by atoms with Crippen molar-refractivity contribution in [3.05, 3.63) is 71.9 Å². The van der Waals surface area contributed by atoms with Gasteiger partial charge in [-0.15, -0.1) is 0 Å². The maximum absolute atomic E-state index is 13.0. The van der Waals surface area contributed by atoms with Crippen molar-refractivity contribution >= 4 is 23.3 Å². The molecule has 2 amide bonds. The summed E-state index contributed by atoms with van der Waals surface area (Å²) in [6, 6.07) is 16.6. The van der Waals surface area contributed by atoms with E-state index >= 15 is 0 Å². The zero-order chi connectivity index (χ0) is 20.4. The number of ether oxygens (including phenoxy) is 1. The fraction of sp³-hybridized carbons (Fsp3) is 0.261. The molecule has 148 valence electrons. The van der Waals surface area contributed by atoms with E-state index in [0.29, 0.717) is 17.8 Å². The van der Waals surface area contributed by atoms with Crippen LogP contribution in [0, 0.1) is 11.8 Å². The number of benzene rings is 2. The predicted octanol–water partition coefficient (Wildman–Crippen LogP) is 3.03. The van der Waals surface area contributed by atoms with Crippen molar-refractivity contribution < 1.29 is 19.1 Å². The number of rotatable bonds is 4. The van der Waals surface area contributed by atoms with E-state index in [-0.39, 0.29) is 29.9 Å². The lowest BCUT2D eigenvalue weighted by atomic mass is 9.72. The average molecular weight is 390 g/mol. The molecule has 1 saturated heterocycles. The largest absolute Gasteiger partial charge is 0.497 e. The number of allylic oxidation sites excluding steroid dienone is 2. The number of hydrogen-bond donors (Lipinski definition) is 2. The van der Waals surface area contributed by atoms with Crippen LogP contribution in [0.15, 0.2) is 66.4 Å². The third kappa shape index (κ3) is 3.92. The van der Waals surface area contributed by atoms with E-state index in [4.69, 9.17) is 4.74 Å². The van der Waals surface area contributed by atoms with Crippen LogP contribution in [0.25, 0.3) is 0 Å². The highest BCUT2D eigenvalue weighted by atomic mass is 16.5. The molecule has 2 aliphatic rings. The molecule has 6 nitrogen and oxygen atoms in total. The van der Waals surface area contributed by atoms with Gasteiger partial charge < -0.3 is 15.4 Å². The van der Waals surface area contributed by atoms with E-state index in [9.17, 15) is 14.4 Å². The Morgan fingerprint density at radius 2 is 1.76 bits per heavy atom. The van der Waals surface area contributed by atoms with Crippen LogP contribution in [0.2, 0.25) is 0 Å². The molecule has 1 heterocycles. The molecular weight excluding hydrogens is 368 g/mol. The molecular formula is C23H22N2O4. The molecule has 0 bridgehead atoms. The van der Waals surface area contributed by atoms with Gasteiger partial charge in [0.15, 0.2) is 0 Å². The van der Waals surface area contributed by atoms with Gasteiger partial charge in [-0.1, -0.05) is 36.4 Å². The van der Waals surface area contributed by atoms with Crippen molar-refractivity contribution in [1.82, 2.24) is 5.32 Å². The van der Waals surface area contributed by atoms with E-state index in [1.165, 1.54) is 0 Å². The van der Waals surface area contributed by atoms with E-state index in [1.54, 1.807) is 19.2 Å². The van der Waals surface area contributed by atoms with Gasteiger partial charge in [0.2, 0.25) is 11.8 Å². The Morgan fingerprint density at radius 3 is 2.45 bits per heavy atom. The molecule has 1 aliphatic heterocycles. The molecule has 4 rings (SSSR count). The number of Topliss-reactive ketones (excluding diaryl/α,β-unsaturated/α-hetero) is 1. The quantitative estimate of drug-likeness (QED) is 0.841. The zero-order valence-electron chi connectivity index (χ0n) is 16.1. The summed E-state index contributed by atoms with van der Waals surface area (Å²) in [5.41, 5.74) is 2.15. The van der Waals surface area contributed by atoms with Gasteiger partial charge in [-0.2, -0.15) is 0 Å². The molecule has 6 heteroatoms. The van der Waals surface area contributed by atoms with Crippen LogP contribution in [0.4, 0.5) is 5.69 Å². The van der Waals surface area contributed by atoms with Gasteiger partial charge in [0.05, 0.1) is 18.9 Å². The van der Waals surface area contributed by atoms with Crippen LogP contribution in [0.1, 0.15) is 24.3 Å². The monoisotopic (exact) mass is 390 g/mol. The van der Waals surface area contributed by atoms with Gasteiger partial charge in [0.1, 0.15) is 11.5 Å². The van der Waals surface area contributed by atoms with Gasteiger partial charge in [-0.05, 0) is 29.8 Å². The fourth-order valence-corrected chi connectivity index (χ4v) is 4.05. The predicted molar refractivity (Wildman–Crippen MR) is 108 cm³/mol. The number of para-hydroxylation sites is 1. The van der Waals surface area contributed by atoms with Gasteiger partial charge >= 0.3 is 0 Å². The average Bonchev–Trinajstić information content (AvgIpc) is 2.73. The van der Waals surface area contributed by atoms with Crippen molar-refractivity contribution in [2.75, 3.05) is 12.4 Å². The van der Waals surface area contributed by atoms with Crippen molar-refractivity contribution in [1.29, 1.82) is 0 Å². The van der Waals surface area contributed by atoms with Crippen molar-refractivity contribution in [3.8, 4) is 5.75 Å². The van der Waals surface area contributed by atoms with Gasteiger partial charge in [0.25, 0.3) is 0 Å². The molecule has 0 radical (unpaired) electrons.